The molecule has 2 aromatic rings. The van der Waals surface area contributed by atoms with Crippen molar-refractivity contribution in [1.82, 2.24) is 5.01 Å². The van der Waals surface area contributed by atoms with Gasteiger partial charge in [-0.2, -0.15) is 5.10 Å². The number of hydrogen-bond acceptors (Lipinski definition) is 4. The van der Waals surface area contributed by atoms with E-state index in [0.717, 1.165) is 16.6 Å². The normalized spacial score (nSPS) is 13.6. The molecule has 2 aromatic carbocycles. The smallest absolute Gasteiger partial charge is 0.277 e. The summed E-state index contributed by atoms with van der Waals surface area (Å²) in [6, 6.07) is 8.80. The van der Waals surface area contributed by atoms with E-state index in [9.17, 15) is 13.6 Å². The van der Waals surface area contributed by atoms with Crippen LogP contribution in [0.3, 0.4) is 0 Å². The zero-order chi connectivity index (χ0) is 18.0. The van der Waals surface area contributed by atoms with Gasteiger partial charge in [-0.1, -0.05) is 6.07 Å². The Morgan fingerprint density at radius 2 is 1.88 bits per heavy atom. The van der Waals surface area contributed by atoms with E-state index in [0.29, 0.717) is 30.2 Å². The SMILES string of the molecule is COc1ccc(C2=NN(C(=O)c3cccc(F)c3F)CC2)cc1OC. The number of rotatable bonds is 4. The average molecular weight is 346 g/mol. The van der Waals surface area contributed by atoms with Gasteiger partial charge in [-0.3, -0.25) is 4.79 Å². The van der Waals surface area contributed by atoms with Crippen molar-refractivity contribution in [2.24, 2.45) is 5.10 Å². The molecule has 0 saturated heterocycles. The molecule has 0 fully saturated rings. The third kappa shape index (κ3) is 3.17. The van der Waals surface area contributed by atoms with E-state index < -0.39 is 17.5 Å². The van der Waals surface area contributed by atoms with E-state index in [4.69, 9.17) is 9.47 Å². The van der Waals surface area contributed by atoms with Gasteiger partial charge in [-0.05, 0) is 30.3 Å². The maximum atomic E-state index is 13.8. The number of amides is 1. The Kier molecular flexibility index (Phi) is 4.65. The molecule has 1 aliphatic heterocycles. The zero-order valence-electron chi connectivity index (χ0n) is 13.8. The number of carbonyl (C=O) groups is 1. The first-order chi connectivity index (χ1) is 12.0. The second-order valence-electron chi connectivity index (χ2n) is 5.40. The molecule has 0 aliphatic carbocycles. The molecule has 1 aliphatic rings. The Bertz CT molecular complexity index is 852. The van der Waals surface area contributed by atoms with Crippen LogP contribution in [-0.4, -0.2) is 37.4 Å². The molecule has 3 rings (SSSR count). The fourth-order valence-electron chi connectivity index (χ4n) is 2.63. The van der Waals surface area contributed by atoms with Gasteiger partial charge >= 0.3 is 0 Å². The molecule has 1 amide bonds. The molecular weight excluding hydrogens is 330 g/mol. The maximum Gasteiger partial charge on any atom is 0.277 e. The van der Waals surface area contributed by atoms with Gasteiger partial charge < -0.3 is 9.47 Å². The molecule has 0 N–H and O–H groups in total. The lowest BCUT2D eigenvalue weighted by molar-refractivity contribution is 0.0772. The van der Waals surface area contributed by atoms with Crippen molar-refractivity contribution in [2.45, 2.75) is 6.42 Å². The van der Waals surface area contributed by atoms with E-state index in [1.54, 1.807) is 25.3 Å². The van der Waals surface area contributed by atoms with Crippen molar-refractivity contribution in [1.29, 1.82) is 0 Å². The Hall–Kier alpha value is -2.96. The molecule has 25 heavy (non-hydrogen) atoms. The molecule has 0 unspecified atom stereocenters. The lowest BCUT2D eigenvalue weighted by atomic mass is 10.1. The highest BCUT2D eigenvalue weighted by atomic mass is 19.2. The van der Waals surface area contributed by atoms with Crippen LogP contribution in [-0.2, 0) is 0 Å². The Morgan fingerprint density at radius 1 is 1.12 bits per heavy atom. The summed E-state index contributed by atoms with van der Waals surface area (Å²) in [5.74, 6) is -1.77. The monoisotopic (exact) mass is 346 g/mol. The molecule has 0 bridgehead atoms. The van der Waals surface area contributed by atoms with Gasteiger partial charge in [0, 0.05) is 12.0 Å². The van der Waals surface area contributed by atoms with Crippen molar-refractivity contribution in [3.63, 3.8) is 0 Å². The maximum absolute atomic E-state index is 13.8. The lowest BCUT2D eigenvalue weighted by Crippen LogP contribution is -2.24. The summed E-state index contributed by atoms with van der Waals surface area (Å²) in [7, 11) is 3.07. The van der Waals surface area contributed by atoms with Crippen molar-refractivity contribution in [2.75, 3.05) is 20.8 Å². The first-order valence-electron chi connectivity index (χ1n) is 7.61. The van der Waals surface area contributed by atoms with Gasteiger partial charge in [0.05, 0.1) is 32.0 Å². The molecule has 5 nitrogen and oxygen atoms in total. The van der Waals surface area contributed by atoms with Crippen LogP contribution in [0.15, 0.2) is 41.5 Å². The highest BCUT2D eigenvalue weighted by Crippen LogP contribution is 2.29. The molecule has 0 spiro atoms. The van der Waals surface area contributed by atoms with Gasteiger partial charge in [0.1, 0.15) is 0 Å². The number of nitrogens with zero attached hydrogens (tertiary/aromatic N) is 2. The molecule has 0 radical (unpaired) electrons. The highest BCUT2D eigenvalue weighted by Gasteiger charge is 2.26. The summed E-state index contributed by atoms with van der Waals surface area (Å²) in [6.07, 6.45) is 0.498. The molecule has 0 aromatic heterocycles. The third-order valence-electron chi connectivity index (χ3n) is 3.94. The minimum atomic E-state index is -1.16. The highest BCUT2D eigenvalue weighted by molar-refractivity contribution is 6.04. The Morgan fingerprint density at radius 3 is 2.60 bits per heavy atom. The molecule has 7 heteroatoms. The minimum absolute atomic E-state index is 0.290. The number of hydrazone groups is 1. The number of methoxy groups -OCH3 is 2. The topological polar surface area (TPSA) is 51.1 Å². The first-order valence-corrected chi connectivity index (χ1v) is 7.61. The number of benzene rings is 2. The third-order valence-corrected chi connectivity index (χ3v) is 3.94. The standard InChI is InChI=1S/C18H16F2N2O3/c1-24-15-7-6-11(10-16(15)25-2)14-8-9-22(21-14)18(23)12-4-3-5-13(19)17(12)20/h3-7,10H,8-9H2,1-2H3. The van der Waals surface area contributed by atoms with Gasteiger partial charge in [0.2, 0.25) is 0 Å². The Labute approximate surface area is 143 Å². The molecule has 0 saturated carbocycles. The van der Waals surface area contributed by atoms with E-state index in [2.05, 4.69) is 5.10 Å². The van der Waals surface area contributed by atoms with E-state index in [1.165, 1.54) is 19.2 Å². The van der Waals surface area contributed by atoms with Crippen LogP contribution in [0, 0.1) is 11.6 Å². The van der Waals surface area contributed by atoms with Gasteiger partial charge in [-0.25, -0.2) is 13.8 Å². The van der Waals surface area contributed by atoms with Crippen molar-refractivity contribution in [3.05, 3.63) is 59.2 Å². The molecule has 0 atom stereocenters. The van der Waals surface area contributed by atoms with E-state index in [1.807, 2.05) is 0 Å². The summed E-state index contributed by atoms with van der Waals surface area (Å²) < 4.78 is 37.6. The first kappa shape index (κ1) is 16.9. The minimum Gasteiger partial charge on any atom is -0.493 e. The predicted octanol–water partition coefficient (Wildman–Crippen LogP) is 3.23. The van der Waals surface area contributed by atoms with Crippen LogP contribution in [0.2, 0.25) is 0 Å². The average Bonchev–Trinajstić information content (AvgIpc) is 3.13. The summed E-state index contributed by atoms with van der Waals surface area (Å²) in [6.45, 7) is 0.290. The summed E-state index contributed by atoms with van der Waals surface area (Å²) in [5.41, 5.74) is 1.09. The number of halogens is 2. The second-order valence-corrected chi connectivity index (χ2v) is 5.40. The van der Waals surface area contributed by atoms with Gasteiger partial charge in [0.25, 0.3) is 5.91 Å². The van der Waals surface area contributed by atoms with Crippen LogP contribution in [0.25, 0.3) is 0 Å². The van der Waals surface area contributed by atoms with Crippen LogP contribution >= 0.6 is 0 Å². The number of ether oxygens (including phenoxy) is 2. The molecular formula is C18H16F2N2O3. The van der Waals surface area contributed by atoms with E-state index in [-0.39, 0.29) is 5.56 Å². The molecule has 130 valence electrons. The summed E-state index contributed by atoms with van der Waals surface area (Å²) >= 11 is 0. The Balaban J connectivity index is 1.87. The van der Waals surface area contributed by atoms with Crippen LogP contribution < -0.4 is 9.47 Å². The van der Waals surface area contributed by atoms with Gasteiger partial charge in [-0.15, -0.1) is 0 Å². The quantitative estimate of drug-likeness (QED) is 0.854. The van der Waals surface area contributed by atoms with Crippen molar-refractivity contribution in [3.8, 4) is 11.5 Å². The fraction of sp³-hybridized carbons (Fsp3) is 0.222. The van der Waals surface area contributed by atoms with Crippen LogP contribution in [0.1, 0.15) is 22.3 Å². The predicted molar refractivity (Wildman–Crippen MR) is 88.1 cm³/mol. The number of carbonyl (C=O) groups excluding carboxylic acids is 1. The lowest BCUT2D eigenvalue weighted by Gasteiger charge is -2.12. The van der Waals surface area contributed by atoms with Gasteiger partial charge in [0.15, 0.2) is 23.1 Å². The van der Waals surface area contributed by atoms with E-state index >= 15 is 0 Å². The summed E-state index contributed by atoms with van der Waals surface area (Å²) in [4.78, 5) is 12.4. The fourth-order valence-corrected chi connectivity index (χ4v) is 2.63. The number of hydrogen-bond donors (Lipinski definition) is 0. The van der Waals surface area contributed by atoms with Crippen LogP contribution in [0.4, 0.5) is 8.78 Å². The van der Waals surface area contributed by atoms with Crippen molar-refractivity contribution >= 4 is 11.6 Å². The van der Waals surface area contributed by atoms with Crippen molar-refractivity contribution < 1.29 is 23.0 Å². The summed E-state index contributed by atoms with van der Waals surface area (Å²) in [5, 5.41) is 5.39. The molecule has 1 heterocycles. The second kappa shape index (κ2) is 6.88. The largest absolute Gasteiger partial charge is 0.493 e. The van der Waals surface area contributed by atoms with Crippen LogP contribution in [0.5, 0.6) is 11.5 Å². The zero-order valence-corrected chi connectivity index (χ0v) is 13.8.